The van der Waals surface area contributed by atoms with Gasteiger partial charge < -0.3 is 20.1 Å². The lowest BCUT2D eigenvalue weighted by molar-refractivity contribution is -0.130. The highest BCUT2D eigenvalue weighted by atomic mass is 19.2. The van der Waals surface area contributed by atoms with Crippen LogP contribution in [0.2, 0.25) is 0 Å². The van der Waals surface area contributed by atoms with Crippen molar-refractivity contribution in [3.63, 3.8) is 0 Å². The first kappa shape index (κ1) is 26.8. The number of nitrogens with one attached hydrogen (secondary N) is 2. The highest BCUT2D eigenvalue weighted by molar-refractivity contribution is 6.36. The molecule has 0 atom stereocenters. The van der Waals surface area contributed by atoms with Crippen LogP contribution in [0.15, 0.2) is 36.4 Å². The number of H-pyrrole nitrogens is 1. The summed E-state index contributed by atoms with van der Waals surface area (Å²) in [6.07, 6.45) is 3.86. The van der Waals surface area contributed by atoms with Crippen LogP contribution in [0.1, 0.15) is 48.3 Å². The van der Waals surface area contributed by atoms with E-state index in [4.69, 9.17) is 0 Å². The number of anilines is 1. The van der Waals surface area contributed by atoms with Gasteiger partial charge in [0.1, 0.15) is 0 Å². The molecule has 0 bridgehead atoms. The lowest BCUT2D eigenvalue weighted by atomic mass is 9.93. The van der Waals surface area contributed by atoms with Crippen LogP contribution in [0, 0.1) is 18.6 Å². The van der Waals surface area contributed by atoms with E-state index in [1.807, 2.05) is 11.8 Å². The Balaban J connectivity index is 1.44. The van der Waals surface area contributed by atoms with Crippen LogP contribution in [0.25, 0.3) is 22.8 Å². The topological polar surface area (TPSA) is 68.4 Å². The van der Waals surface area contributed by atoms with Crippen LogP contribution in [-0.2, 0) is 22.4 Å². The average molecular weight is 533 g/mol. The summed E-state index contributed by atoms with van der Waals surface area (Å²) in [4.78, 5) is 34.0. The number of likely N-dealkylation sites (N-methyl/N-ethyl adjacent to an activating group) is 1. The van der Waals surface area contributed by atoms with Crippen LogP contribution in [0.4, 0.5) is 14.5 Å². The third kappa shape index (κ3) is 5.13. The van der Waals surface area contributed by atoms with Gasteiger partial charge in [-0.15, -0.1) is 0 Å². The van der Waals surface area contributed by atoms with Gasteiger partial charge in [0, 0.05) is 54.3 Å². The Morgan fingerprint density at radius 3 is 2.59 bits per heavy atom. The molecule has 2 N–H and O–H groups in total. The number of amides is 2. The summed E-state index contributed by atoms with van der Waals surface area (Å²) < 4.78 is 28.8. The van der Waals surface area contributed by atoms with E-state index in [1.54, 1.807) is 24.3 Å². The fourth-order valence-electron chi connectivity index (χ4n) is 5.66. The first-order valence-electron chi connectivity index (χ1n) is 13.6. The van der Waals surface area contributed by atoms with Crippen molar-refractivity contribution >= 4 is 29.2 Å². The smallest absolute Gasteiger partial charge is 0.256 e. The van der Waals surface area contributed by atoms with Crippen molar-refractivity contribution in [3.8, 4) is 11.1 Å². The molecule has 0 radical (unpaired) electrons. The van der Waals surface area contributed by atoms with Gasteiger partial charge in [-0.05, 0) is 61.3 Å². The van der Waals surface area contributed by atoms with Gasteiger partial charge in [0.2, 0.25) is 5.91 Å². The normalized spacial score (nSPS) is 16.1. The Hall–Kier alpha value is -3.78. The first-order valence-corrected chi connectivity index (χ1v) is 13.6. The third-order valence-corrected chi connectivity index (χ3v) is 7.85. The molecule has 0 saturated carbocycles. The number of hydrogen-bond acceptors (Lipinski definition) is 3. The van der Waals surface area contributed by atoms with Gasteiger partial charge >= 0.3 is 0 Å². The molecule has 3 aromatic rings. The summed E-state index contributed by atoms with van der Waals surface area (Å²) in [6, 6.07) is 9.19. The van der Waals surface area contributed by atoms with Crippen molar-refractivity contribution in [3.05, 3.63) is 76.1 Å². The van der Waals surface area contributed by atoms with E-state index in [0.29, 0.717) is 48.3 Å². The summed E-state index contributed by atoms with van der Waals surface area (Å²) in [5, 5.41) is 2.85. The number of aromatic amines is 1. The maximum Gasteiger partial charge on any atom is 0.256 e. The lowest BCUT2D eigenvalue weighted by Gasteiger charge is -2.26. The Morgan fingerprint density at radius 2 is 1.82 bits per heavy atom. The maximum atomic E-state index is 14.7. The molecule has 0 unspecified atom stereocenters. The first-order chi connectivity index (χ1) is 18.8. The monoisotopic (exact) mass is 532 g/mol. The molecule has 2 aromatic carbocycles. The van der Waals surface area contributed by atoms with Crippen molar-refractivity contribution in [2.45, 2.75) is 40.0 Å². The van der Waals surface area contributed by atoms with Gasteiger partial charge in [-0.1, -0.05) is 38.1 Å². The SMILES string of the molecule is CCCN(CC)CCN1CCc2[nH]c(/C=C3\C(=O)Nc4cccc(-c5cccc(F)c5F)c43)c(C)c2CC1=O. The third-order valence-electron chi connectivity index (χ3n) is 7.85. The highest BCUT2D eigenvalue weighted by Crippen LogP contribution is 2.41. The van der Waals surface area contributed by atoms with Crippen LogP contribution in [0.3, 0.4) is 0 Å². The van der Waals surface area contributed by atoms with Crippen LogP contribution < -0.4 is 5.32 Å². The second-order valence-corrected chi connectivity index (χ2v) is 10.2. The number of fused-ring (bicyclic) bond motifs is 2. The minimum atomic E-state index is -0.952. The predicted molar refractivity (Wildman–Crippen MR) is 150 cm³/mol. The summed E-state index contributed by atoms with van der Waals surface area (Å²) in [5.41, 5.74) is 5.62. The predicted octanol–water partition coefficient (Wildman–Crippen LogP) is 5.42. The number of benzene rings is 2. The molecule has 8 heteroatoms. The standard InChI is InChI=1S/C31H34F2N4O2/c1-4-13-36(5-2)15-16-37-14-12-25-22(18-28(37)38)19(3)27(34-25)17-23-29-20(8-7-11-26(29)35-31(23)39)21-9-6-10-24(32)30(21)33/h6-11,17,34H,4-5,12-16,18H2,1-3H3,(H,35,39)/b23-17-. The summed E-state index contributed by atoms with van der Waals surface area (Å²) in [5.74, 6) is -2.10. The number of rotatable bonds is 8. The largest absolute Gasteiger partial charge is 0.358 e. The van der Waals surface area contributed by atoms with Gasteiger partial charge in [-0.2, -0.15) is 0 Å². The molecular weight excluding hydrogens is 498 g/mol. The molecule has 0 fully saturated rings. The van der Waals surface area contributed by atoms with Crippen molar-refractivity contribution in [1.82, 2.24) is 14.8 Å². The van der Waals surface area contributed by atoms with Crippen molar-refractivity contribution in [1.29, 1.82) is 0 Å². The summed E-state index contributed by atoms with van der Waals surface area (Å²) >= 11 is 0. The number of aromatic nitrogens is 1. The number of halogens is 2. The number of carbonyl (C=O) groups is 2. The number of carbonyl (C=O) groups excluding carboxylic acids is 2. The highest BCUT2D eigenvalue weighted by Gasteiger charge is 2.30. The second-order valence-electron chi connectivity index (χ2n) is 10.2. The van der Waals surface area contributed by atoms with Crippen molar-refractivity contribution in [2.75, 3.05) is 38.0 Å². The van der Waals surface area contributed by atoms with E-state index in [1.165, 1.54) is 12.1 Å². The minimum Gasteiger partial charge on any atom is -0.358 e. The van der Waals surface area contributed by atoms with Crippen LogP contribution in [0.5, 0.6) is 0 Å². The molecule has 204 valence electrons. The van der Waals surface area contributed by atoms with E-state index < -0.39 is 11.6 Å². The Labute approximate surface area is 227 Å². The second kappa shape index (κ2) is 11.1. The molecule has 0 saturated heterocycles. The maximum absolute atomic E-state index is 14.7. The molecular formula is C31H34F2N4O2. The van der Waals surface area contributed by atoms with Crippen molar-refractivity contribution in [2.24, 2.45) is 0 Å². The molecule has 2 aliphatic heterocycles. The van der Waals surface area contributed by atoms with Gasteiger partial charge in [-0.25, -0.2) is 8.78 Å². The Bertz CT molecular complexity index is 1460. The molecule has 1 aromatic heterocycles. The van der Waals surface area contributed by atoms with Gasteiger partial charge in [0.15, 0.2) is 11.6 Å². The fraction of sp³-hybridized carbons (Fsp3) is 0.355. The van der Waals surface area contributed by atoms with E-state index in [9.17, 15) is 18.4 Å². The number of nitrogens with zero attached hydrogens (tertiary/aromatic N) is 2. The molecule has 2 aliphatic rings. The molecule has 2 amide bonds. The van der Waals surface area contributed by atoms with Gasteiger partial charge in [-0.3, -0.25) is 9.59 Å². The molecule has 0 spiro atoms. The Morgan fingerprint density at radius 1 is 1.05 bits per heavy atom. The van der Waals surface area contributed by atoms with Crippen LogP contribution >= 0.6 is 0 Å². The summed E-state index contributed by atoms with van der Waals surface area (Å²) in [7, 11) is 0. The Kier molecular flexibility index (Phi) is 7.66. The van der Waals surface area contributed by atoms with E-state index in [2.05, 4.69) is 29.0 Å². The molecule has 3 heterocycles. The van der Waals surface area contributed by atoms with Crippen LogP contribution in [-0.4, -0.2) is 59.3 Å². The zero-order chi connectivity index (χ0) is 27.7. The van der Waals surface area contributed by atoms with Gasteiger partial charge in [0.05, 0.1) is 12.0 Å². The molecule has 39 heavy (non-hydrogen) atoms. The quantitative estimate of drug-likeness (QED) is 0.381. The molecule has 0 aliphatic carbocycles. The average Bonchev–Trinajstić information content (AvgIpc) is 3.34. The zero-order valence-corrected chi connectivity index (χ0v) is 22.7. The van der Waals surface area contributed by atoms with Gasteiger partial charge in [0.25, 0.3) is 5.91 Å². The lowest BCUT2D eigenvalue weighted by Crippen LogP contribution is -2.39. The number of hydrogen-bond donors (Lipinski definition) is 2. The molecule has 6 nitrogen and oxygen atoms in total. The fourth-order valence-corrected chi connectivity index (χ4v) is 5.66. The van der Waals surface area contributed by atoms with E-state index >= 15 is 0 Å². The molecule has 5 rings (SSSR count). The minimum absolute atomic E-state index is 0.0968. The van der Waals surface area contributed by atoms with E-state index in [-0.39, 0.29) is 17.4 Å². The van der Waals surface area contributed by atoms with E-state index in [0.717, 1.165) is 54.6 Å². The summed E-state index contributed by atoms with van der Waals surface area (Å²) in [6.45, 7) is 10.5. The van der Waals surface area contributed by atoms with Crippen molar-refractivity contribution < 1.29 is 18.4 Å². The zero-order valence-electron chi connectivity index (χ0n) is 22.7.